The van der Waals surface area contributed by atoms with Gasteiger partial charge in [-0.3, -0.25) is 15.0 Å². The van der Waals surface area contributed by atoms with E-state index in [0.29, 0.717) is 12.2 Å². The third kappa shape index (κ3) is 4.26. The Labute approximate surface area is 135 Å². The Balaban J connectivity index is 2.08. The van der Waals surface area contributed by atoms with Crippen molar-refractivity contribution in [3.8, 4) is 0 Å². The fourth-order valence-corrected chi connectivity index (χ4v) is 3.64. The molecule has 2 rings (SSSR count). The van der Waals surface area contributed by atoms with Crippen molar-refractivity contribution < 1.29 is 4.92 Å². The minimum Gasteiger partial charge on any atom is -0.383 e. The summed E-state index contributed by atoms with van der Waals surface area (Å²) in [7, 11) is 3.69. The molecule has 0 atom stereocenters. The molecule has 0 radical (unpaired) electrons. The van der Waals surface area contributed by atoms with Crippen molar-refractivity contribution in [2.45, 2.75) is 13.1 Å². The monoisotopic (exact) mass is 369 g/mol. The highest BCUT2D eigenvalue weighted by atomic mass is 79.9. The van der Waals surface area contributed by atoms with Crippen LogP contribution in [0.3, 0.4) is 0 Å². The first-order chi connectivity index (χ1) is 9.99. The SMILES string of the molecule is CNc1ccc(CN(C)Cc2cc(Br)cs2)cc1[N+](=O)[O-]. The van der Waals surface area contributed by atoms with Crippen LogP contribution in [-0.4, -0.2) is 23.9 Å². The number of nitro groups is 1. The molecule has 0 fully saturated rings. The molecule has 1 aromatic carbocycles. The van der Waals surface area contributed by atoms with E-state index >= 15 is 0 Å². The summed E-state index contributed by atoms with van der Waals surface area (Å²) in [5.74, 6) is 0. The molecule has 1 N–H and O–H groups in total. The highest BCUT2D eigenvalue weighted by Crippen LogP contribution is 2.26. The van der Waals surface area contributed by atoms with Gasteiger partial charge in [0.2, 0.25) is 0 Å². The minimum absolute atomic E-state index is 0.113. The van der Waals surface area contributed by atoms with Crippen LogP contribution >= 0.6 is 27.3 Å². The quantitative estimate of drug-likeness (QED) is 0.615. The maximum Gasteiger partial charge on any atom is 0.292 e. The Kier molecular flexibility index (Phi) is 5.33. The first-order valence-corrected chi connectivity index (χ1v) is 8.03. The van der Waals surface area contributed by atoms with Gasteiger partial charge in [0.1, 0.15) is 5.69 Å². The lowest BCUT2D eigenvalue weighted by Gasteiger charge is -2.16. The number of halogens is 1. The third-order valence-corrected chi connectivity index (χ3v) is 4.71. The van der Waals surface area contributed by atoms with Crippen LogP contribution in [0.1, 0.15) is 10.4 Å². The van der Waals surface area contributed by atoms with Gasteiger partial charge in [-0.2, -0.15) is 0 Å². The van der Waals surface area contributed by atoms with Crippen LogP contribution in [0, 0.1) is 10.1 Å². The predicted molar refractivity (Wildman–Crippen MR) is 89.8 cm³/mol. The van der Waals surface area contributed by atoms with E-state index in [-0.39, 0.29) is 10.6 Å². The van der Waals surface area contributed by atoms with E-state index in [2.05, 4.69) is 37.6 Å². The van der Waals surface area contributed by atoms with Crippen molar-refractivity contribution in [2.75, 3.05) is 19.4 Å². The van der Waals surface area contributed by atoms with Crippen LogP contribution in [0.15, 0.2) is 34.1 Å². The molecule has 5 nitrogen and oxygen atoms in total. The third-order valence-electron chi connectivity index (χ3n) is 3.03. The molecular formula is C14H16BrN3O2S. The topological polar surface area (TPSA) is 58.4 Å². The maximum absolute atomic E-state index is 11.1. The molecule has 0 bridgehead atoms. The van der Waals surface area contributed by atoms with E-state index in [1.54, 1.807) is 30.5 Å². The lowest BCUT2D eigenvalue weighted by molar-refractivity contribution is -0.384. The number of rotatable bonds is 6. The van der Waals surface area contributed by atoms with Crippen molar-refractivity contribution in [3.05, 3.63) is 54.7 Å². The van der Waals surface area contributed by atoms with Gasteiger partial charge in [-0.05, 0) is 40.7 Å². The summed E-state index contributed by atoms with van der Waals surface area (Å²) in [6.45, 7) is 1.48. The molecule has 1 heterocycles. The zero-order valence-electron chi connectivity index (χ0n) is 11.8. The van der Waals surface area contributed by atoms with Crippen LogP contribution in [0.4, 0.5) is 11.4 Å². The van der Waals surface area contributed by atoms with E-state index in [0.717, 1.165) is 16.6 Å². The molecule has 0 unspecified atom stereocenters. The van der Waals surface area contributed by atoms with Gasteiger partial charge >= 0.3 is 0 Å². The number of nitrogens with one attached hydrogen (secondary N) is 1. The molecule has 0 spiro atoms. The average Bonchev–Trinajstić information content (AvgIpc) is 2.83. The summed E-state index contributed by atoms with van der Waals surface area (Å²) >= 11 is 5.14. The van der Waals surface area contributed by atoms with Crippen LogP contribution < -0.4 is 5.32 Å². The van der Waals surface area contributed by atoms with E-state index in [1.165, 1.54) is 4.88 Å². The number of hydrogen-bond donors (Lipinski definition) is 1. The molecule has 7 heteroatoms. The Hall–Kier alpha value is -1.44. The first-order valence-electron chi connectivity index (χ1n) is 6.36. The molecule has 112 valence electrons. The molecule has 2 aromatic rings. The van der Waals surface area contributed by atoms with Gasteiger partial charge in [-0.25, -0.2) is 0 Å². The maximum atomic E-state index is 11.1. The van der Waals surface area contributed by atoms with Gasteiger partial charge in [-0.15, -0.1) is 11.3 Å². The van der Waals surface area contributed by atoms with Gasteiger partial charge in [0.25, 0.3) is 5.69 Å². The Morgan fingerprint density at radius 2 is 2.14 bits per heavy atom. The summed E-state index contributed by atoms with van der Waals surface area (Å²) in [4.78, 5) is 14.1. The summed E-state index contributed by atoms with van der Waals surface area (Å²) < 4.78 is 1.09. The molecule has 1 aromatic heterocycles. The minimum atomic E-state index is -0.355. The van der Waals surface area contributed by atoms with Gasteiger partial charge in [0, 0.05) is 40.9 Å². The lowest BCUT2D eigenvalue weighted by atomic mass is 10.1. The molecule has 0 saturated carbocycles. The lowest BCUT2D eigenvalue weighted by Crippen LogP contribution is -2.16. The molecule has 0 amide bonds. The summed E-state index contributed by atoms with van der Waals surface area (Å²) in [6, 6.07) is 7.39. The van der Waals surface area contributed by atoms with E-state index < -0.39 is 0 Å². The normalized spacial score (nSPS) is 10.9. The average molecular weight is 370 g/mol. The van der Waals surface area contributed by atoms with Crippen molar-refractivity contribution in [3.63, 3.8) is 0 Å². The van der Waals surface area contributed by atoms with Crippen LogP contribution in [0.25, 0.3) is 0 Å². The molecule has 0 aliphatic rings. The zero-order valence-corrected chi connectivity index (χ0v) is 14.2. The van der Waals surface area contributed by atoms with Crippen molar-refractivity contribution in [1.29, 1.82) is 0 Å². The number of hydrogen-bond acceptors (Lipinski definition) is 5. The van der Waals surface area contributed by atoms with Gasteiger partial charge in [0.05, 0.1) is 4.92 Å². The van der Waals surface area contributed by atoms with Crippen LogP contribution in [0.2, 0.25) is 0 Å². The largest absolute Gasteiger partial charge is 0.383 e. The number of nitrogens with zero attached hydrogens (tertiary/aromatic N) is 2. The first kappa shape index (κ1) is 15.9. The second-order valence-electron chi connectivity index (χ2n) is 4.76. The van der Waals surface area contributed by atoms with Gasteiger partial charge in [0.15, 0.2) is 0 Å². The Bertz CT molecular complexity index is 645. The zero-order chi connectivity index (χ0) is 15.4. The van der Waals surface area contributed by atoms with E-state index in [4.69, 9.17) is 0 Å². The summed E-state index contributed by atoms with van der Waals surface area (Å²) in [5.41, 5.74) is 1.58. The van der Waals surface area contributed by atoms with Crippen LogP contribution in [-0.2, 0) is 13.1 Å². The van der Waals surface area contributed by atoms with Crippen molar-refractivity contribution in [2.24, 2.45) is 0 Å². The molecule has 21 heavy (non-hydrogen) atoms. The second kappa shape index (κ2) is 7.02. The summed E-state index contributed by atoms with van der Waals surface area (Å²) in [6.07, 6.45) is 0. The summed E-state index contributed by atoms with van der Waals surface area (Å²) in [5, 5.41) is 16.0. The highest BCUT2D eigenvalue weighted by Gasteiger charge is 2.14. The van der Waals surface area contributed by atoms with Gasteiger partial charge in [-0.1, -0.05) is 6.07 Å². The smallest absolute Gasteiger partial charge is 0.292 e. The van der Waals surface area contributed by atoms with E-state index in [9.17, 15) is 10.1 Å². The fraction of sp³-hybridized carbons (Fsp3) is 0.286. The van der Waals surface area contributed by atoms with Crippen molar-refractivity contribution >= 4 is 38.6 Å². The number of thiophene rings is 1. The standard InChI is InChI=1S/C14H16BrN3O2S/c1-16-13-4-3-10(5-14(13)18(19)20)7-17(2)8-12-6-11(15)9-21-12/h3-6,9,16H,7-8H2,1-2H3. The Morgan fingerprint density at radius 3 is 2.71 bits per heavy atom. The molecular weight excluding hydrogens is 354 g/mol. The number of anilines is 1. The second-order valence-corrected chi connectivity index (χ2v) is 6.67. The molecule has 0 aliphatic heterocycles. The van der Waals surface area contributed by atoms with E-state index in [1.807, 2.05) is 13.1 Å². The van der Waals surface area contributed by atoms with Crippen molar-refractivity contribution in [1.82, 2.24) is 4.90 Å². The van der Waals surface area contributed by atoms with Crippen LogP contribution in [0.5, 0.6) is 0 Å². The van der Waals surface area contributed by atoms with Gasteiger partial charge < -0.3 is 5.32 Å². The fourth-order valence-electron chi connectivity index (χ4n) is 2.11. The molecule has 0 saturated heterocycles. The Morgan fingerprint density at radius 1 is 1.38 bits per heavy atom. The highest BCUT2D eigenvalue weighted by molar-refractivity contribution is 9.10. The predicted octanol–water partition coefficient (Wildman–Crippen LogP) is 4.09. The molecule has 0 aliphatic carbocycles. The number of nitro benzene ring substituents is 1. The number of benzene rings is 1.